The molecule has 1 N–H and O–H groups in total. The molecule has 134 valence electrons. The van der Waals surface area contributed by atoms with Gasteiger partial charge < -0.3 is 9.84 Å². The van der Waals surface area contributed by atoms with Crippen LogP contribution in [0, 0.1) is 13.8 Å². The highest BCUT2D eigenvalue weighted by molar-refractivity contribution is 7.89. The smallest absolute Gasteiger partial charge is 0.244 e. The van der Waals surface area contributed by atoms with Gasteiger partial charge in [0.25, 0.3) is 0 Å². The van der Waals surface area contributed by atoms with Crippen LogP contribution in [-0.4, -0.2) is 37.6 Å². The molecule has 25 heavy (non-hydrogen) atoms. The van der Waals surface area contributed by atoms with Gasteiger partial charge in [0.15, 0.2) is 0 Å². The second-order valence-electron chi connectivity index (χ2n) is 6.45. The Bertz CT molecular complexity index is 869. The van der Waals surface area contributed by atoms with Gasteiger partial charge in [0.2, 0.25) is 10.0 Å². The zero-order chi connectivity index (χ0) is 18.2. The first-order valence-corrected chi connectivity index (χ1v) is 9.67. The van der Waals surface area contributed by atoms with Crippen molar-refractivity contribution in [2.24, 2.45) is 0 Å². The summed E-state index contributed by atoms with van der Waals surface area (Å²) in [7, 11) is -2.17. The number of ether oxygens (including phenoxy) is 1. The summed E-state index contributed by atoms with van der Waals surface area (Å²) in [6.45, 7) is 3.61. The third-order valence-corrected chi connectivity index (χ3v) is 6.96. The highest BCUT2D eigenvalue weighted by Gasteiger charge is 2.36. The number of hydrogen-bond acceptors (Lipinski definition) is 4. The number of aliphatic hydroxyl groups excluding tert-OH is 1. The maximum absolute atomic E-state index is 13.4. The van der Waals surface area contributed by atoms with Crippen LogP contribution in [0.1, 0.15) is 22.3 Å². The lowest BCUT2D eigenvalue weighted by Gasteiger charge is -2.35. The number of nitrogens with zero attached hydrogens (tertiary/aromatic N) is 1. The Kier molecular flexibility index (Phi) is 4.86. The summed E-state index contributed by atoms with van der Waals surface area (Å²) in [5, 5.41) is 9.79. The Balaban J connectivity index is 2.08. The zero-order valence-electron chi connectivity index (χ0n) is 14.7. The largest absolute Gasteiger partial charge is 0.497 e. The van der Waals surface area contributed by atoms with Crippen LogP contribution in [-0.2, 0) is 23.0 Å². The molecule has 0 saturated heterocycles. The second-order valence-corrected chi connectivity index (χ2v) is 8.28. The zero-order valence-corrected chi connectivity index (χ0v) is 15.5. The van der Waals surface area contributed by atoms with Crippen LogP contribution in [0.4, 0.5) is 0 Å². The third-order valence-electron chi connectivity index (χ3n) is 4.75. The number of hydrogen-bond donors (Lipinski definition) is 1. The lowest BCUT2D eigenvalue weighted by molar-refractivity contribution is 0.173. The fourth-order valence-electron chi connectivity index (χ4n) is 3.55. The van der Waals surface area contributed by atoms with E-state index in [0.717, 1.165) is 11.1 Å². The predicted molar refractivity (Wildman–Crippen MR) is 96.2 cm³/mol. The maximum atomic E-state index is 13.4. The van der Waals surface area contributed by atoms with Gasteiger partial charge in [0.05, 0.1) is 24.7 Å². The molecule has 6 heteroatoms. The van der Waals surface area contributed by atoms with E-state index in [2.05, 4.69) is 0 Å². The number of aliphatic hydroxyl groups is 1. The normalized spacial score (nSPS) is 18.0. The molecule has 0 saturated carbocycles. The van der Waals surface area contributed by atoms with Gasteiger partial charge in [-0.2, -0.15) is 4.31 Å². The molecular formula is C19H23NO4S. The van der Waals surface area contributed by atoms with Crippen LogP contribution in [0.15, 0.2) is 41.3 Å². The molecule has 3 rings (SSSR count). The molecule has 1 aliphatic rings. The number of methoxy groups -OCH3 is 1. The topological polar surface area (TPSA) is 66.8 Å². The number of sulfonamides is 1. The number of aryl methyl sites for hydroxylation is 2. The van der Waals surface area contributed by atoms with Crippen molar-refractivity contribution in [2.75, 3.05) is 13.7 Å². The predicted octanol–water partition coefficient (Wildman–Crippen LogP) is 2.42. The summed E-state index contributed by atoms with van der Waals surface area (Å²) in [5.74, 6) is 0.636. The Morgan fingerprint density at radius 2 is 1.76 bits per heavy atom. The van der Waals surface area contributed by atoms with Crippen LogP contribution < -0.4 is 4.74 Å². The Morgan fingerprint density at radius 1 is 1.16 bits per heavy atom. The summed E-state index contributed by atoms with van der Waals surface area (Å²) >= 11 is 0. The quantitative estimate of drug-likeness (QED) is 0.908. The summed E-state index contributed by atoms with van der Waals surface area (Å²) in [6, 6.07) is 10.8. The summed E-state index contributed by atoms with van der Waals surface area (Å²) in [5.41, 5.74) is 3.37. The van der Waals surface area contributed by atoms with Crippen molar-refractivity contribution in [1.29, 1.82) is 0 Å². The molecular weight excluding hydrogens is 338 g/mol. The van der Waals surface area contributed by atoms with E-state index in [1.54, 1.807) is 33.1 Å². The fourth-order valence-corrected chi connectivity index (χ4v) is 5.56. The van der Waals surface area contributed by atoms with Gasteiger partial charge in [0.1, 0.15) is 5.75 Å². The third kappa shape index (κ3) is 3.17. The molecule has 0 radical (unpaired) electrons. The molecule has 0 aromatic heterocycles. The van der Waals surface area contributed by atoms with Gasteiger partial charge in [-0.1, -0.05) is 24.3 Å². The Morgan fingerprint density at radius 3 is 2.32 bits per heavy atom. The molecule has 0 amide bonds. The minimum Gasteiger partial charge on any atom is -0.497 e. The van der Waals surface area contributed by atoms with Crippen molar-refractivity contribution in [2.45, 2.75) is 37.8 Å². The summed E-state index contributed by atoms with van der Waals surface area (Å²) in [4.78, 5) is 0.297. The minimum atomic E-state index is -3.73. The van der Waals surface area contributed by atoms with Crippen molar-refractivity contribution >= 4 is 10.0 Å². The Labute approximate surface area is 148 Å². The molecule has 5 nitrogen and oxygen atoms in total. The maximum Gasteiger partial charge on any atom is 0.244 e. The van der Waals surface area contributed by atoms with Gasteiger partial charge in [-0.15, -0.1) is 0 Å². The molecule has 1 unspecified atom stereocenters. The van der Waals surface area contributed by atoms with Crippen molar-refractivity contribution in [3.63, 3.8) is 0 Å². The van der Waals surface area contributed by atoms with Gasteiger partial charge in [-0.05, 0) is 54.7 Å². The number of benzene rings is 2. The highest BCUT2D eigenvalue weighted by Crippen LogP contribution is 2.33. The molecule has 1 atom stereocenters. The fraction of sp³-hybridized carbons (Fsp3) is 0.368. The molecule has 0 spiro atoms. The lowest BCUT2D eigenvalue weighted by atomic mass is 9.96. The minimum absolute atomic E-state index is 0.207. The van der Waals surface area contributed by atoms with Crippen LogP contribution >= 0.6 is 0 Å². The SMILES string of the molecule is COc1cc(C)c(S(=O)(=O)N2Cc3ccccc3CC2CO)c(C)c1. The monoisotopic (exact) mass is 361 g/mol. The van der Waals surface area contributed by atoms with Gasteiger partial charge in [-0.25, -0.2) is 8.42 Å². The van der Waals surface area contributed by atoms with E-state index in [-0.39, 0.29) is 13.2 Å². The standard InChI is InChI=1S/C19H23NO4S/c1-13-8-18(24-3)9-14(2)19(13)25(22,23)20-11-16-7-5-4-6-15(16)10-17(20)12-21/h4-9,17,21H,10-12H2,1-3H3. The van der Waals surface area contributed by atoms with Crippen molar-refractivity contribution in [1.82, 2.24) is 4.31 Å². The number of rotatable bonds is 4. The van der Waals surface area contributed by atoms with Gasteiger partial charge in [0, 0.05) is 6.54 Å². The molecule has 0 aliphatic carbocycles. The summed E-state index contributed by atoms with van der Waals surface area (Å²) in [6.07, 6.45) is 0.514. The summed E-state index contributed by atoms with van der Waals surface area (Å²) < 4.78 is 33.4. The van der Waals surface area contributed by atoms with Crippen LogP contribution in [0.25, 0.3) is 0 Å². The van der Waals surface area contributed by atoms with E-state index < -0.39 is 16.1 Å². The van der Waals surface area contributed by atoms with E-state index in [1.807, 2.05) is 24.3 Å². The van der Waals surface area contributed by atoms with Gasteiger partial charge in [-0.3, -0.25) is 0 Å². The van der Waals surface area contributed by atoms with E-state index in [1.165, 1.54) is 4.31 Å². The molecule has 2 aromatic rings. The van der Waals surface area contributed by atoms with Crippen LogP contribution in [0.2, 0.25) is 0 Å². The van der Waals surface area contributed by atoms with Crippen LogP contribution in [0.3, 0.4) is 0 Å². The average Bonchev–Trinajstić information content (AvgIpc) is 2.59. The van der Waals surface area contributed by atoms with Crippen molar-refractivity contribution in [3.05, 3.63) is 58.7 Å². The van der Waals surface area contributed by atoms with E-state index >= 15 is 0 Å². The van der Waals surface area contributed by atoms with E-state index in [9.17, 15) is 13.5 Å². The first-order chi connectivity index (χ1) is 11.9. The first kappa shape index (κ1) is 17.9. The van der Waals surface area contributed by atoms with Crippen LogP contribution in [0.5, 0.6) is 5.75 Å². The Hall–Kier alpha value is -1.89. The molecule has 0 bridgehead atoms. The lowest BCUT2D eigenvalue weighted by Crippen LogP contribution is -2.46. The molecule has 1 heterocycles. The molecule has 2 aromatic carbocycles. The second kappa shape index (κ2) is 6.78. The first-order valence-electron chi connectivity index (χ1n) is 8.23. The van der Waals surface area contributed by atoms with Crippen molar-refractivity contribution in [3.8, 4) is 5.75 Å². The molecule has 0 fully saturated rings. The van der Waals surface area contributed by atoms with Crippen molar-refractivity contribution < 1.29 is 18.3 Å². The van der Waals surface area contributed by atoms with Gasteiger partial charge >= 0.3 is 0 Å². The molecule has 1 aliphatic heterocycles. The average molecular weight is 361 g/mol. The number of fused-ring (bicyclic) bond motifs is 1. The highest BCUT2D eigenvalue weighted by atomic mass is 32.2. The van der Waals surface area contributed by atoms with E-state index in [0.29, 0.717) is 28.2 Å². The van der Waals surface area contributed by atoms with E-state index in [4.69, 9.17) is 4.74 Å².